The number of hydrogen-bond donors (Lipinski definition) is 3. The molecule has 2 atom stereocenters. The fourth-order valence-electron chi connectivity index (χ4n) is 1.88. The minimum atomic E-state index is -1.04. The summed E-state index contributed by atoms with van der Waals surface area (Å²) in [6.45, 7) is 41.1. The Morgan fingerprint density at radius 2 is 0.824 bits per heavy atom. The molecular formula is C43H111N3O5. The van der Waals surface area contributed by atoms with Crippen LogP contribution in [0.15, 0.2) is 0 Å². The van der Waals surface area contributed by atoms with E-state index in [9.17, 15) is 24.3 Å². The first-order valence-electron chi connectivity index (χ1n) is 19.6. The van der Waals surface area contributed by atoms with Crippen LogP contribution in [0.5, 0.6) is 0 Å². The van der Waals surface area contributed by atoms with Gasteiger partial charge in [-0.3, -0.25) is 4.79 Å². The van der Waals surface area contributed by atoms with Crippen LogP contribution in [0.4, 0.5) is 0 Å². The lowest BCUT2D eigenvalue weighted by Gasteiger charge is -2.10. The summed E-state index contributed by atoms with van der Waals surface area (Å²) in [5, 5.41) is 15.8. The van der Waals surface area contributed by atoms with Crippen molar-refractivity contribution in [1.82, 2.24) is 10.6 Å². The van der Waals surface area contributed by atoms with Gasteiger partial charge in [-0.05, 0) is 61.2 Å². The molecule has 328 valence electrons. The number of hydrogen-bond acceptors (Lipinski definition) is 7. The third-order valence-corrected chi connectivity index (χ3v) is 4.02. The van der Waals surface area contributed by atoms with Gasteiger partial charge in [0.1, 0.15) is 23.4 Å². The molecule has 0 spiro atoms. The summed E-state index contributed by atoms with van der Waals surface area (Å²) in [5.41, 5.74) is 3.41. The second kappa shape index (κ2) is 135. The Kier molecular flexibility index (Phi) is 259. The van der Waals surface area contributed by atoms with Crippen molar-refractivity contribution < 1.29 is 30.0 Å². The van der Waals surface area contributed by atoms with Crippen LogP contribution in [0.1, 0.15) is 232 Å². The molecule has 2 unspecified atom stereocenters. The highest BCUT2D eigenvalue weighted by molar-refractivity contribution is 5.81. The first kappa shape index (κ1) is 97.8. The van der Waals surface area contributed by atoms with Gasteiger partial charge in [0.2, 0.25) is 0 Å². The molecule has 0 amide bonds. The van der Waals surface area contributed by atoms with Gasteiger partial charge < -0.3 is 35.9 Å². The van der Waals surface area contributed by atoms with E-state index < -0.39 is 12.0 Å². The zero-order chi connectivity index (χ0) is 41.9. The summed E-state index contributed by atoms with van der Waals surface area (Å²) in [6, 6.07) is -0.440. The predicted molar refractivity (Wildman–Crippen MR) is 240 cm³/mol. The Bertz CT molecular complexity index is 475. The molecular weight excluding hydrogens is 638 g/mol. The molecule has 0 saturated carbocycles. The Morgan fingerprint density at radius 1 is 0.569 bits per heavy atom. The van der Waals surface area contributed by atoms with Gasteiger partial charge in [-0.1, -0.05) is 173 Å². The van der Waals surface area contributed by atoms with Gasteiger partial charge in [0.05, 0.1) is 12.0 Å². The minimum absolute atomic E-state index is 0. The van der Waals surface area contributed by atoms with Crippen LogP contribution >= 0.6 is 0 Å². The molecule has 8 nitrogen and oxygen atoms in total. The van der Waals surface area contributed by atoms with E-state index in [-0.39, 0.29) is 45.7 Å². The van der Waals surface area contributed by atoms with E-state index in [1.165, 1.54) is 6.42 Å². The van der Waals surface area contributed by atoms with Gasteiger partial charge in [-0.2, -0.15) is 0 Å². The van der Waals surface area contributed by atoms with E-state index in [2.05, 4.69) is 37.1 Å². The van der Waals surface area contributed by atoms with E-state index in [1.807, 2.05) is 125 Å². The van der Waals surface area contributed by atoms with Crippen LogP contribution in [0.25, 0.3) is 0 Å². The lowest BCUT2D eigenvalue weighted by Crippen LogP contribution is -2.68. The number of nitrogens with one attached hydrogen (secondary N) is 2. The number of aliphatic carboxylic acids is 1. The molecule has 0 aromatic heterocycles. The zero-order valence-electron chi connectivity index (χ0n) is 38.0. The van der Waals surface area contributed by atoms with E-state index in [0.29, 0.717) is 12.8 Å². The molecule has 0 aliphatic heterocycles. The fourth-order valence-corrected chi connectivity index (χ4v) is 1.88. The number of rotatable bonds is 12. The second-order valence-electron chi connectivity index (χ2n) is 8.47. The van der Waals surface area contributed by atoms with Crippen molar-refractivity contribution in [3.63, 3.8) is 0 Å². The summed E-state index contributed by atoms with van der Waals surface area (Å²) in [6.07, 6.45) is 9.47. The van der Waals surface area contributed by atoms with E-state index >= 15 is 0 Å². The molecule has 0 aliphatic rings. The van der Waals surface area contributed by atoms with Crippen LogP contribution < -0.4 is 21.5 Å². The number of ketones is 3. The molecule has 0 bridgehead atoms. The molecule has 0 rings (SSSR count). The van der Waals surface area contributed by atoms with Gasteiger partial charge in [0, 0.05) is 19.3 Å². The van der Waals surface area contributed by atoms with Crippen molar-refractivity contribution in [2.24, 2.45) is 0 Å². The largest absolute Gasteiger partial charge is 0.544 e. The number of carbonyl (C=O) groups excluding carboxylic acids is 4. The molecule has 0 radical (unpaired) electrons. The topological polar surface area (TPSA) is 143 Å². The third kappa shape index (κ3) is 228. The van der Waals surface area contributed by atoms with Gasteiger partial charge in [0.15, 0.2) is 0 Å². The van der Waals surface area contributed by atoms with Gasteiger partial charge in [0.25, 0.3) is 0 Å². The Balaban J connectivity index is -0.0000000225. The number of unbranched alkanes of at least 4 members (excludes halogenated alkanes) is 2. The molecule has 0 aromatic rings. The first-order chi connectivity index (χ1) is 22.8. The minimum Gasteiger partial charge on any atom is -0.544 e. The lowest BCUT2D eigenvalue weighted by molar-refractivity contribution is -0.438. The van der Waals surface area contributed by atoms with Crippen molar-refractivity contribution in [3.8, 4) is 0 Å². The van der Waals surface area contributed by atoms with Crippen LogP contribution in [-0.4, -0.2) is 56.5 Å². The predicted octanol–water partition coefficient (Wildman–Crippen LogP) is 11.6. The molecule has 0 aliphatic carbocycles. The monoisotopic (exact) mass is 750 g/mol. The quantitative estimate of drug-likeness (QED) is 0.180. The standard InChI is InChI=1S/C8H17NO.C6H13NO2.C5H10O.C4H8O.C3H8.C2H7N.6C2H6.3CH4/c1-4-5-6-8(9-3)7(2)10;1-2-3-4-5(7)6(8)9;1-3-4-5(2)6;1-3-4(2)5;2*1-3-2;6*1-2;;;/h8-9H,4-6H2,1-3H3;5H,2-4,7H2,1H3,(H,8,9);3-4H2,1-2H3;3H2,1-2H3;3H2,1-2H3;3H,1-2H3;6*1-2H3;3*1H4. The van der Waals surface area contributed by atoms with Gasteiger partial charge in [-0.25, -0.2) is 0 Å². The summed E-state index contributed by atoms with van der Waals surface area (Å²) in [4.78, 5) is 40.7. The molecule has 8 heteroatoms. The van der Waals surface area contributed by atoms with E-state index in [1.54, 1.807) is 20.8 Å². The number of carboxylic acid groups (broad SMARTS) is 1. The molecule has 0 heterocycles. The number of quaternary nitrogens is 1. The number of carboxylic acids is 1. The summed E-state index contributed by atoms with van der Waals surface area (Å²) in [7, 11) is 5.59. The summed E-state index contributed by atoms with van der Waals surface area (Å²) in [5.74, 6) is -0.248. The maximum Gasteiger partial charge on any atom is 0.146 e. The number of likely N-dealkylation sites (N-methyl/N-ethyl adjacent to an activating group) is 1. The average Bonchev–Trinajstić information content (AvgIpc) is 3.10. The van der Waals surface area contributed by atoms with E-state index in [0.717, 1.165) is 44.9 Å². The fraction of sp³-hybridized carbons (Fsp3) is 0.907. The molecule has 0 fully saturated rings. The molecule has 0 saturated heterocycles. The first-order valence-corrected chi connectivity index (χ1v) is 19.6. The van der Waals surface area contributed by atoms with E-state index in [4.69, 9.17) is 0 Å². The van der Waals surface area contributed by atoms with Crippen molar-refractivity contribution >= 4 is 23.3 Å². The van der Waals surface area contributed by atoms with Crippen molar-refractivity contribution in [2.75, 3.05) is 21.1 Å². The summed E-state index contributed by atoms with van der Waals surface area (Å²) >= 11 is 0. The third-order valence-electron chi connectivity index (χ3n) is 4.02. The number of Topliss-reactive ketones (excluding diaryl/α,β-unsaturated/α-hetero) is 3. The highest BCUT2D eigenvalue weighted by Gasteiger charge is 2.09. The van der Waals surface area contributed by atoms with Crippen LogP contribution in [0, 0.1) is 0 Å². The zero-order valence-corrected chi connectivity index (χ0v) is 38.0. The normalized spacial score (nSPS) is 8.02. The van der Waals surface area contributed by atoms with Crippen LogP contribution in [0.3, 0.4) is 0 Å². The highest BCUT2D eigenvalue weighted by atomic mass is 16.4. The Morgan fingerprint density at radius 3 is 0.941 bits per heavy atom. The maximum atomic E-state index is 10.8. The smallest absolute Gasteiger partial charge is 0.146 e. The van der Waals surface area contributed by atoms with Crippen molar-refractivity contribution in [2.45, 2.75) is 244 Å². The summed E-state index contributed by atoms with van der Waals surface area (Å²) < 4.78 is 0. The molecule has 0 aromatic carbocycles. The van der Waals surface area contributed by atoms with Gasteiger partial charge >= 0.3 is 0 Å². The maximum absolute atomic E-state index is 10.8. The number of carbonyl (C=O) groups is 4. The van der Waals surface area contributed by atoms with Crippen LogP contribution in [-0.2, 0) is 19.2 Å². The van der Waals surface area contributed by atoms with Crippen molar-refractivity contribution in [1.29, 1.82) is 0 Å². The lowest BCUT2D eigenvalue weighted by atomic mass is 10.1. The van der Waals surface area contributed by atoms with Crippen molar-refractivity contribution in [3.05, 3.63) is 0 Å². The van der Waals surface area contributed by atoms with Crippen LogP contribution in [0.2, 0.25) is 0 Å². The second-order valence-corrected chi connectivity index (χ2v) is 8.47. The SMILES string of the molecule is C.C.C.CC.CC.CC.CC.CC.CC.CCC.CCC(C)=O.CCCC(C)=O.CCCCC(NC)C(C)=O.CCCCC([NH3+])C(=O)[O-].CNC. The highest BCUT2D eigenvalue weighted by Crippen LogP contribution is 2.00. The molecule has 51 heavy (non-hydrogen) atoms. The van der Waals surface area contributed by atoms with Gasteiger partial charge in [-0.15, -0.1) is 0 Å². The Hall–Kier alpha value is -1.64. The average molecular weight is 750 g/mol. The Labute approximate surface area is 328 Å². The molecule has 5 N–H and O–H groups in total.